The lowest BCUT2D eigenvalue weighted by atomic mass is 10.1. The highest BCUT2D eigenvalue weighted by Crippen LogP contribution is 2.25. The predicted octanol–water partition coefficient (Wildman–Crippen LogP) is 3.24. The Labute approximate surface area is 170 Å². The number of ether oxygens (including phenoxy) is 1. The van der Waals surface area contributed by atoms with Crippen LogP contribution >= 0.6 is 0 Å². The molecule has 148 valence electrons. The third kappa shape index (κ3) is 3.85. The molecule has 9 nitrogen and oxygen atoms in total. The van der Waals surface area contributed by atoms with Gasteiger partial charge in [-0.15, -0.1) is 0 Å². The maximum absolute atomic E-state index is 12.7. The van der Waals surface area contributed by atoms with Crippen LogP contribution in [-0.2, 0) is 9.59 Å². The Morgan fingerprint density at radius 2 is 1.83 bits per heavy atom. The van der Waals surface area contributed by atoms with Gasteiger partial charge in [0.05, 0.1) is 10.6 Å². The Morgan fingerprint density at radius 3 is 2.53 bits per heavy atom. The van der Waals surface area contributed by atoms with E-state index < -0.39 is 16.7 Å². The minimum atomic E-state index is -0.550. The molecule has 1 aliphatic heterocycles. The molecule has 1 fully saturated rings. The SMILES string of the molecule is O=C1NN(c2ccccc2)C(=O)/C1=C\c1cccc(Oc2ccc([N+](=O)[O-])cn2)c1. The van der Waals surface area contributed by atoms with Gasteiger partial charge in [-0.2, -0.15) is 0 Å². The van der Waals surface area contributed by atoms with Crippen LogP contribution in [0.3, 0.4) is 0 Å². The van der Waals surface area contributed by atoms with Gasteiger partial charge in [0.2, 0.25) is 5.88 Å². The van der Waals surface area contributed by atoms with Crippen LogP contribution in [0.1, 0.15) is 5.56 Å². The third-order valence-corrected chi connectivity index (χ3v) is 4.23. The number of para-hydroxylation sites is 1. The summed E-state index contributed by atoms with van der Waals surface area (Å²) in [6, 6.07) is 18.2. The number of nitrogens with zero attached hydrogens (tertiary/aromatic N) is 3. The molecule has 2 aromatic carbocycles. The molecule has 4 rings (SSSR count). The zero-order chi connectivity index (χ0) is 21.1. The van der Waals surface area contributed by atoms with Gasteiger partial charge in [0.25, 0.3) is 17.5 Å². The maximum atomic E-state index is 12.7. The first-order valence-corrected chi connectivity index (χ1v) is 8.82. The first kappa shape index (κ1) is 18.8. The maximum Gasteiger partial charge on any atom is 0.287 e. The fourth-order valence-corrected chi connectivity index (χ4v) is 2.81. The number of anilines is 1. The second kappa shape index (κ2) is 7.84. The van der Waals surface area contributed by atoms with Gasteiger partial charge < -0.3 is 4.74 Å². The summed E-state index contributed by atoms with van der Waals surface area (Å²) in [5.41, 5.74) is 3.51. The van der Waals surface area contributed by atoms with Crippen LogP contribution in [0.25, 0.3) is 6.08 Å². The molecule has 0 unspecified atom stereocenters. The molecule has 0 atom stereocenters. The van der Waals surface area contributed by atoms with Crippen molar-refractivity contribution in [2.75, 3.05) is 5.01 Å². The summed E-state index contributed by atoms with van der Waals surface area (Å²) >= 11 is 0. The number of hydrogen-bond acceptors (Lipinski definition) is 6. The summed E-state index contributed by atoms with van der Waals surface area (Å²) < 4.78 is 5.60. The number of rotatable bonds is 5. The van der Waals surface area contributed by atoms with Crippen molar-refractivity contribution < 1.29 is 19.2 Å². The predicted molar refractivity (Wildman–Crippen MR) is 107 cm³/mol. The number of aromatic nitrogens is 1. The summed E-state index contributed by atoms with van der Waals surface area (Å²) in [4.78, 5) is 39.0. The van der Waals surface area contributed by atoms with E-state index in [0.29, 0.717) is 17.0 Å². The minimum Gasteiger partial charge on any atom is -0.439 e. The van der Waals surface area contributed by atoms with Crippen molar-refractivity contribution in [2.24, 2.45) is 0 Å². The average molecular weight is 402 g/mol. The van der Waals surface area contributed by atoms with Gasteiger partial charge in [-0.1, -0.05) is 30.3 Å². The molecule has 30 heavy (non-hydrogen) atoms. The average Bonchev–Trinajstić information content (AvgIpc) is 3.03. The molecule has 1 aromatic heterocycles. The summed E-state index contributed by atoms with van der Waals surface area (Å²) in [6.45, 7) is 0. The lowest BCUT2D eigenvalue weighted by Gasteiger charge is -2.13. The van der Waals surface area contributed by atoms with Gasteiger partial charge in [0.15, 0.2) is 0 Å². The van der Waals surface area contributed by atoms with E-state index in [9.17, 15) is 19.7 Å². The molecule has 0 aliphatic carbocycles. The van der Waals surface area contributed by atoms with Crippen LogP contribution in [-0.4, -0.2) is 21.7 Å². The molecular formula is C21H14N4O5. The first-order valence-electron chi connectivity index (χ1n) is 8.82. The zero-order valence-corrected chi connectivity index (χ0v) is 15.4. The highest BCUT2D eigenvalue weighted by Gasteiger charge is 2.34. The van der Waals surface area contributed by atoms with Crippen LogP contribution in [0.15, 0.2) is 78.5 Å². The molecule has 0 spiro atoms. The molecule has 3 aromatic rings. The van der Waals surface area contributed by atoms with Crippen molar-refractivity contribution >= 4 is 29.3 Å². The van der Waals surface area contributed by atoms with E-state index in [4.69, 9.17) is 4.74 Å². The number of hydrazine groups is 1. The Morgan fingerprint density at radius 1 is 1.03 bits per heavy atom. The molecule has 0 saturated carbocycles. The number of pyridine rings is 1. The van der Waals surface area contributed by atoms with Crippen molar-refractivity contribution in [3.05, 3.63) is 94.2 Å². The number of hydrogen-bond donors (Lipinski definition) is 1. The molecule has 2 amide bonds. The van der Waals surface area contributed by atoms with Gasteiger partial charge in [0.1, 0.15) is 17.5 Å². The van der Waals surface area contributed by atoms with Crippen LogP contribution in [0.5, 0.6) is 11.6 Å². The summed E-state index contributed by atoms with van der Waals surface area (Å²) in [5, 5.41) is 11.9. The van der Waals surface area contributed by atoms with Crippen molar-refractivity contribution in [1.29, 1.82) is 0 Å². The van der Waals surface area contributed by atoms with Crippen LogP contribution < -0.4 is 15.2 Å². The van der Waals surface area contributed by atoms with Crippen LogP contribution in [0.2, 0.25) is 0 Å². The highest BCUT2D eigenvalue weighted by molar-refractivity contribution is 6.31. The van der Waals surface area contributed by atoms with E-state index in [-0.39, 0.29) is 17.1 Å². The van der Waals surface area contributed by atoms with Crippen molar-refractivity contribution in [2.45, 2.75) is 0 Å². The van der Waals surface area contributed by atoms with E-state index in [1.54, 1.807) is 48.5 Å². The van der Waals surface area contributed by atoms with Gasteiger partial charge in [0, 0.05) is 12.1 Å². The second-order valence-electron chi connectivity index (χ2n) is 6.26. The van der Waals surface area contributed by atoms with Gasteiger partial charge in [-0.05, 0) is 35.9 Å². The second-order valence-corrected chi connectivity index (χ2v) is 6.26. The number of nitrogens with one attached hydrogen (secondary N) is 1. The number of amides is 2. The Bertz CT molecular complexity index is 1160. The standard InChI is InChI=1S/C21H14N4O5/c26-20-18(21(27)24(23-20)15-6-2-1-3-7-15)12-14-5-4-8-17(11-14)30-19-10-9-16(13-22-19)25(28)29/h1-13H,(H,23,26)/b18-12-. The largest absolute Gasteiger partial charge is 0.439 e. The quantitative estimate of drug-likeness (QED) is 0.303. The lowest BCUT2D eigenvalue weighted by molar-refractivity contribution is -0.385. The molecule has 0 radical (unpaired) electrons. The first-order chi connectivity index (χ1) is 14.5. The number of benzene rings is 2. The van der Waals surface area contributed by atoms with E-state index in [0.717, 1.165) is 6.20 Å². The lowest BCUT2D eigenvalue weighted by Crippen LogP contribution is -2.35. The van der Waals surface area contributed by atoms with Gasteiger partial charge >= 0.3 is 0 Å². The van der Waals surface area contributed by atoms with E-state index >= 15 is 0 Å². The highest BCUT2D eigenvalue weighted by atomic mass is 16.6. The summed E-state index contributed by atoms with van der Waals surface area (Å²) in [6.07, 6.45) is 2.57. The van der Waals surface area contributed by atoms with Gasteiger partial charge in [-0.25, -0.2) is 9.99 Å². The molecule has 1 saturated heterocycles. The number of carbonyl (C=O) groups excluding carboxylic acids is 2. The molecule has 0 bridgehead atoms. The fourth-order valence-electron chi connectivity index (χ4n) is 2.81. The Balaban J connectivity index is 1.55. The van der Waals surface area contributed by atoms with E-state index in [1.807, 2.05) is 6.07 Å². The normalized spacial score (nSPS) is 14.7. The van der Waals surface area contributed by atoms with Crippen LogP contribution in [0, 0.1) is 10.1 Å². The van der Waals surface area contributed by atoms with E-state index in [2.05, 4.69) is 10.4 Å². The smallest absolute Gasteiger partial charge is 0.287 e. The topological polar surface area (TPSA) is 115 Å². The Hall–Kier alpha value is -4.53. The summed E-state index contributed by atoms with van der Waals surface area (Å²) in [7, 11) is 0. The molecular weight excluding hydrogens is 388 g/mol. The molecule has 2 heterocycles. The third-order valence-electron chi connectivity index (χ3n) is 4.23. The number of carbonyl (C=O) groups is 2. The summed E-state index contributed by atoms with van der Waals surface area (Å²) in [5.74, 6) is -0.395. The van der Waals surface area contributed by atoms with Crippen LogP contribution in [0.4, 0.5) is 11.4 Å². The zero-order valence-electron chi connectivity index (χ0n) is 15.4. The Kier molecular flexibility index (Phi) is 4.92. The van der Waals surface area contributed by atoms with Crippen molar-refractivity contribution in [1.82, 2.24) is 10.4 Å². The molecule has 1 aliphatic rings. The van der Waals surface area contributed by atoms with Gasteiger partial charge in [-0.3, -0.25) is 25.1 Å². The van der Waals surface area contributed by atoms with Crippen molar-refractivity contribution in [3.63, 3.8) is 0 Å². The minimum absolute atomic E-state index is 0.00976. The van der Waals surface area contributed by atoms with Crippen molar-refractivity contribution in [3.8, 4) is 11.6 Å². The van der Waals surface area contributed by atoms with E-state index in [1.165, 1.54) is 23.2 Å². The molecule has 9 heteroatoms. The monoisotopic (exact) mass is 402 g/mol. The fraction of sp³-hybridized carbons (Fsp3) is 0. The number of nitro groups is 1. The molecule has 1 N–H and O–H groups in total.